The summed E-state index contributed by atoms with van der Waals surface area (Å²) >= 11 is 3.36. The number of nitrogens with one attached hydrogen (secondary N) is 1. The number of carbonyl (C=O) groups excluding carboxylic acids is 1. The zero-order chi connectivity index (χ0) is 15.2. The van der Waals surface area contributed by atoms with E-state index in [4.69, 9.17) is 0 Å². The van der Waals surface area contributed by atoms with Crippen LogP contribution in [0.3, 0.4) is 0 Å². The number of phenols is 2. The summed E-state index contributed by atoms with van der Waals surface area (Å²) in [5.41, 5.74) is 2.46. The van der Waals surface area contributed by atoms with E-state index in [0.717, 1.165) is 10.9 Å². The molecule has 0 saturated carbocycles. The Kier molecular flexibility index (Phi) is 5.00. The monoisotopic (exact) mass is 347 g/mol. The third kappa shape index (κ3) is 4.36. The Hall–Kier alpha value is -2.27. The fourth-order valence-corrected chi connectivity index (χ4v) is 2.05. The van der Waals surface area contributed by atoms with Crippen LogP contribution in [0, 0.1) is 0 Å². The lowest BCUT2D eigenvalue weighted by atomic mass is 10.2. The zero-order valence-corrected chi connectivity index (χ0v) is 12.7. The molecule has 0 unspecified atom stereocenters. The lowest BCUT2D eigenvalue weighted by Crippen LogP contribution is -2.07. The number of amides is 1. The molecule has 4 nitrogen and oxygen atoms in total. The molecular weight excluding hydrogens is 334 g/mol. The highest BCUT2D eigenvalue weighted by atomic mass is 79.9. The van der Waals surface area contributed by atoms with Gasteiger partial charge in [0.15, 0.2) is 11.5 Å². The Morgan fingerprint density at radius 3 is 2.43 bits per heavy atom. The SMILES string of the molecule is O=C(C=Cc1ccc(O)c(O)c1)Nc1ccc(CBr)cc1. The third-order valence-corrected chi connectivity index (χ3v) is 3.45. The first-order valence-corrected chi connectivity index (χ1v) is 7.36. The number of phenolic OH excluding ortho intramolecular Hbond substituents is 2. The molecule has 0 fully saturated rings. The molecule has 0 radical (unpaired) electrons. The summed E-state index contributed by atoms with van der Waals surface area (Å²) in [5, 5.41) is 22.1. The van der Waals surface area contributed by atoms with Crippen molar-refractivity contribution in [3.63, 3.8) is 0 Å². The predicted octanol–water partition coefficient (Wildman–Crippen LogP) is 3.64. The van der Waals surface area contributed by atoms with Gasteiger partial charge in [0.1, 0.15) is 0 Å². The number of hydrogen-bond acceptors (Lipinski definition) is 3. The summed E-state index contributed by atoms with van der Waals surface area (Å²) in [5.74, 6) is -0.680. The van der Waals surface area contributed by atoms with E-state index in [9.17, 15) is 15.0 Å². The summed E-state index contributed by atoms with van der Waals surface area (Å²) < 4.78 is 0. The summed E-state index contributed by atoms with van der Waals surface area (Å²) in [6.07, 6.45) is 2.92. The maximum Gasteiger partial charge on any atom is 0.248 e. The highest BCUT2D eigenvalue weighted by Crippen LogP contribution is 2.25. The lowest BCUT2D eigenvalue weighted by molar-refractivity contribution is -0.111. The van der Waals surface area contributed by atoms with Gasteiger partial charge in [0.2, 0.25) is 5.91 Å². The van der Waals surface area contributed by atoms with E-state index in [2.05, 4.69) is 21.2 Å². The van der Waals surface area contributed by atoms with Gasteiger partial charge in [-0.1, -0.05) is 34.1 Å². The average molecular weight is 348 g/mol. The number of benzene rings is 2. The standard InChI is InChI=1S/C16H14BrNO3/c17-10-12-1-5-13(6-2-12)18-16(21)8-4-11-3-7-14(19)15(20)9-11/h1-9,19-20H,10H2,(H,18,21). The molecule has 3 N–H and O–H groups in total. The Bertz CT molecular complexity index is 666. The highest BCUT2D eigenvalue weighted by Gasteiger charge is 2.00. The zero-order valence-electron chi connectivity index (χ0n) is 11.1. The maximum absolute atomic E-state index is 11.8. The molecule has 0 saturated heterocycles. The highest BCUT2D eigenvalue weighted by molar-refractivity contribution is 9.08. The largest absolute Gasteiger partial charge is 0.504 e. The number of rotatable bonds is 4. The first kappa shape index (κ1) is 15.1. The molecule has 0 aliphatic heterocycles. The van der Waals surface area contributed by atoms with Crippen LogP contribution in [0.5, 0.6) is 11.5 Å². The number of hydrogen-bond donors (Lipinski definition) is 3. The molecule has 0 aliphatic carbocycles. The van der Waals surface area contributed by atoms with Crippen LogP contribution in [-0.4, -0.2) is 16.1 Å². The van der Waals surface area contributed by atoms with Gasteiger partial charge in [-0.15, -0.1) is 0 Å². The fourth-order valence-electron chi connectivity index (χ4n) is 1.68. The smallest absolute Gasteiger partial charge is 0.248 e. The summed E-state index contributed by atoms with van der Waals surface area (Å²) in [7, 11) is 0. The summed E-state index contributed by atoms with van der Waals surface area (Å²) in [4.78, 5) is 11.8. The minimum atomic E-state index is -0.269. The number of carbonyl (C=O) groups is 1. The van der Waals surface area contributed by atoms with Crippen LogP contribution in [0.4, 0.5) is 5.69 Å². The normalized spacial score (nSPS) is 10.7. The molecule has 0 atom stereocenters. The van der Waals surface area contributed by atoms with Gasteiger partial charge in [0, 0.05) is 17.1 Å². The summed E-state index contributed by atoms with van der Waals surface area (Å²) in [6.45, 7) is 0. The molecule has 0 aliphatic rings. The lowest BCUT2D eigenvalue weighted by Gasteiger charge is -2.03. The average Bonchev–Trinajstić information content (AvgIpc) is 2.49. The van der Waals surface area contributed by atoms with Crippen LogP contribution in [-0.2, 0) is 10.1 Å². The number of alkyl halides is 1. The molecule has 0 bridgehead atoms. The maximum atomic E-state index is 11.8. The minimum absolute atomic E-state index is 0.191. The van der Waals surface area contributed by atoms with Crippen LogP contribution in [0.25, 0.3) is 6.08 Å². The summed E-state index contributed by atoms with van der Waals surface area (Å²) in [6, 6.07) is 11.8. The van der Waals surface area contributed by atoms with Gasteiger partial charge in [-0.2, -0.15) is 0 Å². The Morgan fingerprint density at radius 2 is 1.81 bits per heavy atom. The van der Waals surface area contributed by atoms with Crippen molar-refractivity contribution < 1.29 is 15.0 Å². The number of halogens is 1. The van der Waals surface area contributed by atoms with Crippen LogP contribution < -0.4 is 5.32 Å². The topological polar surface area (TPSA) is 69.6 Å². The molecule has 0 spiro atoms. The van der Waals surface area contributed by atoms with Crippen molar-refractivity contribution in [2.24, 2.45) is 0 Å². The van der Waals surface area contributed by atoms with Gasteiger partial charge < -0.3 is 15.5 Å². The minimum Gasteiger partial charge on any atom is -0.504 e. The van der Waals surface area contributed by atoms with Gasteiger partial charge in [0.25, 0.3) is 0 Å². The van der Waals surface area contributed by atoms with Crippen LogP contribution in [0.15, 0.2) is 48.5 Å². The van der Waals surface area contributed by atoms with E-state index < -0.39 is 0 Å². The van der Waals surface area contributed by atoms with Crippen LogP contribution >= 0.6 is 15.9 Å². The van der Waals surface area contributed by atoms with Gasteiger partial charge in [-0.25, -0.2) is 0 Å². The van der Waals surface area contributed by atoms with Crippen LogP contribution in [0.2, 0.25) is 0 Å². The van der Waals surface area contributed by atoms with Crippen molar-refractivity contribution in [1.82, 2.24) is 0 Å². The second-order valence-corrected chi connectivity index (χ2v) is 4.96. The van der Waals surface area contributed by atoms with Gasteiger partial charge in [-0.3, -0.25) is 4.79 Å². The molecule has 2 rings (SSSR count). The van der Waals surface area contributed by atoms with E-state index in [0.29, 0.717) is 11.3 Å². The van der Waals surface area contributed by atoms with E-state index in [-0.39, 0.29) is 17.4 Å². The van der Waals surface area contributed by atoms with Gasteiger partial charge >= 0.3 is 0 Å². The molecule has 2 aromatic rings. The quantitative estimate of drug-likeness (QED) is 0.449. The number of aromatic hydroxyl groups is 2. The molecular formula is C16H14BrNO3. The first-order chi connectivity index (χ1) is 10.1. The number of anilines is 1. The van der Waals surface area contributed by atoms with Gasteiger partial charge in [-0.05, 0) is 41.5 Å². The second kappa shape index (κ2) is 6.95. The van der Waals surface area contributed by atoms with Crippen molar-refractivity contribution in [1.29, 1.82) is 0 Å². The van der Waals surface area contributed by atoms with Crippen molar-refractivity contribution in [3.8, 4) is 11.5 Å². The Balaban J connectivity index is 1.99. The third-order valence-electron chi connectivity index (χ3n) is 2.80. The molecule has 108 valence electrons. The van der Waals surface area contributed by atoms with E-state index in [1.54, 1.807) is 12.1 Å². The fraction of sp³-hybridized carbons (Fsp3) is 0.0625. The molecule has 2 aromatic carbocycles. The van der Waals surface area contributed by atoms with Crippen LogP contribution in [0.1, 0.15) is 11.1 Å². The van der Waals surface area contributed by atoms with Crippen molar-refractivity contribution >= 4 is 33.6 Å². The van der Waals surface area contributed by atoms with Crippen molar-refractivity contribution in [2.45, 2.75) is 5.33 Å². The van der Waals surface area contributed by atoms with E-state index in [1.807, 2.05) is 24.3 Å². The van der Waals surface area contributed by atoms with Crippen molar-refractivity contribution in [2.75, 3.05) is 5.32 Å². The van der Waals surface area contributed by atoms with E-state index in [1.165, 1.54) is 18.2 Å². The van der Waals surface area contributed by atoms with Crippen molar-refractivity contribution in [3.05, 3.63) is 59.7 Å². The molecule has 0 heterocycles. The Labute approximate surface area is 130 Å². The molecule has 0 aromatic heterocycles. The first-order valence-electron chi connectivity index (χ1n) is 6.24. The Morgan fingerprint density at radius 1 is 1.10 bits per heavy atom. The second-order valence-electron chi connectivity index (χ2n) is 4.40. The molecule has 1 amide bonds. The van der Waals surface area contributed by atoms with E-state index >= 15 is 0 Å². The van der Waals surface area contributed by atoms with Gasteiger partial charge in [0.05, 0.1) is 0 Å². The molecule has 5 heteroatoms. The molecule has 21 heavy (non-hydrogen) atoms. The predicted molar refractivity (Wildman–Crippen MR) is 86.5 cm³/mol.